The van der Waals surface area contributed by atoms with Crippen LogP contribution in [0.25, 0.3) is 10.9 Å². The van der Waals surface area contributed by atoms with Gasteiger partial charge < -0.3 is 10.3 Å². The predicted octanol–water partition coefficient (Wildman–Crippen LogP) is 3.91. The molecule has 118 valence electrons. The first-order valence-corrected chi connectivity index (χ1v) is 8.31. The Balaban J connectivity index is 1.71. The number of hydrogen-bond donors (Lipinski definition) is 2. The highest BCUT2D eigenvalue weighted by Gasteiger charge is 2.11. The van der Waals surface area contributed by atoms with Gasteiger partial charge in [-0.1, -0.05) is 18.2 Å². The number of pyridine rings is 1. The lowest BCUT2D eigenvalue weighted by Gasteiger charge is -2.06. The van der Waals surface area contributed by atoms with E-state index in [0.717, 1.165) is 16.6 Å². The van der Waals surface area contributed by atoms with E-state index in [-0.39, 0.29) is 5.91 Å². The van der Waals surface area contributed by atoms with Crippen molar-refractivity contribution in [1.82, 2.24) is 15.3 Å². The standard InChI is InChI=1S/C18H18BrN3O/c1-11-4-3-5-16-15(12(2)22-17(11)16)6-7-21-18(23)13-8-14(19)10-20-9-13/h3-5,8-10,22H,6-7H2,1-2H3,(H,21,23). The molecule has 2 heterocycles. The number of amides is 1. The van der Waals surface area contributed by atoms with Gasteiger partial charge in [-0.15, -0.1) is 0 Å². The number of hydrogen-bond acceptors (Lipinski definition) is 2. The van der Waals surface area contributed by atoms with Crippen molar-refractivity contribution in [2.24, 2.45) is 0 Å². The monoisotopic (exact) mass is 371 g/mol. The van der Waals surface area contributed by atoms with Crippen LogP contribution in [0.4, 0.5) is 0 Å². The number of halogens is 1. The highest BCUT2D eigenvalue weighted by molar-refractivity contribution is 9.10. The van der Waals surface area contributed by atoms with Gasteiger partial charge in [0.05, 0.1) is 5.56 Å². The Labute approximate surface area is 143 Å². The number of para-hydroxylation sites is 1. The molecule has 23 heavy (non-hydrogen) atoms. The van der Waals surface area contributed by atoms with Crippen LogP contribution in [0.5, 0.6) is 0 Å². The summed E-state index contributed by atoms with van der Waals surface area (Å²) in [5.74, 6) is -0.104. The molecule has 0 aliphatic carbocycles. The van der Waals surface area contributed by atoms with E-state index in [0.29, 0.717) is 12.1 Å². The van der Waals surface area contributed by atoms with Crippen molar-refractivity contribution in [2.45, 2.75) is 20.3 Å². The largest absolute Gasteiger partial charge is 0.358 e. The molecule has 0 atom stereocenters. The molecule has 0 saturated heterocycles. The van der Waals surface area contributed by atoms with Gasteiger partial charge in [-0.05, 0) is 53.4 Å². The van der Waals surface area contributed by atoms with E-state index < -0.39 is 0 Å². The molecule has 0 spiro atoms. The fraction of sp³-hybridized carbons (Fsp3) is 0.222. The Morgan fingerprint density at radius 1 is 1.30 bits per heavy atom. The number of nitrogens with zero attached hydrogens (tertiary/aromatic N) is 1. The second-order valence-electron chi connectivity index (χ2n) is 5.62. The molecule has 0 radical (unpaired) electrons. The average molecular weight is 372 g/mol. The SMILES string of the molecule is Cc1[nH]c2c(C)cccc2c1CCNC(=O)c1cncc(Br)c1. The number of rotatable bonds is 4. The van der Waals surface area contributed by atoms with Crippen molar-refractivity contribution in [3.8, 4) is 0 Å². The number of aryl methyl sites for hydroxylation is 2. The van der Waals surface area contributed by atoms with Crippen molar-refractivity contribution in [3.05, 3.63) is 63.5 Å². The van der Waals surface area contributed by atoms with Crippen molar-refractivity contribution in [3.63, 3.8) is 0 Å². The third-order valence-electron chi connectivity index (χ3n) is 3.99. The van der Waals surface area contributed by atoms with E-state index in [1.807, 2.05) is 0 Å². The Bertz CT molecular complexity index is 870. The minimum absolute atomic E-state index is 0.104. The Morgan fingerprint density at radius 3 is 2.91 bits per heavy atom. The molecular formula is C18H18BrN3O. The van der Waals surface area contributed by atoms with Crippen LogP contribution >= 0.6 is 15.9 Å². The molecule has 2 N–H and O–H groups in total. The number of H-pyrrole nitrogens is 1. The zero-order valence-corrected chi connectivity index (χ0v) is 14.7. The molecule has 3 aromatic rings. The molecule has 0 saturated carbocycles. The lowest BCUT2D eigenvalue weighted by molar-refractivity contribution is 0.0953. The van der Waals surface area contributed by atoms with E-state index in [9.17, 15) is 4.79 Å². The number of aromatic amines is 1. The van der Waals surface area contributed by atoms with Crippen molar-refractivity contribution in [2.75, 3.05) is 6.54 Å². The number of carbonyl (C=O) groups excluding carboxylic acids is 1. The Kier molecular flexibility index (Phi) is 4.48. The molecule has 0 unspecified atom stereocenters. The summed E-state index contributed by atoms with van der Waals surface area (Å²) in [6.45, 7) is 4.77. The van der Waals surface area contributed by atoms with Crippen molar-refractivity contribution < 1.29 is 4.79 Å². The van der Waals surface area contributed by atoms with Crippen LogP contribution in [0.15, 0.2) is 41.1 Å². The molecular weight excluding hydrogens is 354 g/mol. The van der Waals surface area contributed by atoms with Gasteiger partial charge in [0.1, 0.15) is 0 Å². The first-order chi connectivity index (χ1) is 11.1. The van der Waals surface area contributed by atoms with E-state index in [2.05, 4.69) is 63.3 Å². The number of nitrogens with one attached hydrogen (secondary N) is 2. The second kappa shape index (κ2) is 6.54. The van der Waals surface area contributed by atoms with Gasteiger partial charge in [0.15, 0.2) is 0 Å². The van der Waals surface area contributed by atoms with Gasteiger partial charge in [-0.25, -0.2) is 0 Å². The molecule has 2 aromatic heterocycles. The van der Waals surface area contributed by atoms with Crippen LogP contribution in [0.3, 0.4) is 0 Å². The van der Waals surface area contributed by atoms with Crippen LogP contribution in [-0.4, -0.2) is 22.4 Å². The smallest absolute Gasteiger partial charge is 0.252 e. The highest BCUT2D eigenvalue weighted by atomic mass is 79.9. The summed E-state index contributed by atoms with van der Waals surface area (Å²) in [5, 5.41) is 4.19. The summed E-state index contributed by atoms with van der Waals surface area (Å²) < 4.78 is 0.799. The van der Waals surface area contributed by atoms with Gasteiger partial charge in [-0.2, -0.15) is 0 Å². The van der Waals surface area contributed by atoms with Gasteiger partial charge in [0, 0.05) is 40.0 Å². The molecule has 0 aliphatic heterocycles. The number of carbonyl (C=O) groups is 1. The van der Waals surface area contributed by atoms with E-state index in [1.54, 1.807) is 18.5 Å². The fourth-order valence-electron chi connectivity index (χ4n) is 2.81. The first kappa shape index (κ1) is 15.7. The maximum absolute atomic E-state index is 12.1. The molecule has 1 aromatic carbocycles. The summed E-state index contributed by atoms with van der Waals surface area (Å²) in [5.41, 5.74) is 5.40. The van der Waals surface area contributed by atoms with E-state index in [1.165, 1.54) is 22.0 Å². The summed E-state index contributed by atoms with van der Waals surface area (Å²) in [4.78, 5) is 19.6. The molecule has 3 rings (SSSR count). The number of aromatic nitrogens is 2. The van der Waals surface area contributed by atoms with E-state index >= 15 is 0 Å². The van der Waals surface area contributed by atoms with Crippen molar-refractivity contribution >= 4 is 32.7 Å². The van der Waals surface area contributed by atoms with Crippen LogP contribution in [0.1, 0.15) is 27.2 Å². The Morgan fingerprint density at radius 2 is 2.13 bits per heavy atom. The minimum atomic E-state index is -0.104. The van der Waals surface area contributed by atoms with Gasteiger partial charge in [-0.3, -0.25) is 9.78 Å². The zero-order valence-electron chi connectivity index (χ0n) is 13.1. The summed E-state index contributed by atoms with van der Waals surface area (Å²) >= 11 is 3.33. The second-order valence-corrected chi connectivity index (χ2v) is 6.54. The van der Waals surface area contributed by atoms with Crippen molar-refractivity contribution in [1.29, 1.82) is 0 Å². The Hall–Kier alpha value is -2.14. The minimum Gasteiger partial charge on any atom is -0.358 e. The lowest BCUT2D eigenvalue weighted by Crippen LogP contribution is -2.25. The predicted molar refractivity (Wildman–Crippen MR) is 95.7 cm³/mol. The highest BCUT2D eigenvalue weighted by Crippen LogP contribution is 2.24. The number of fused-ring (bicyclic) bond motifs is 1. The van der Waals surface area contributed by atoms with E-state index in [4.69, 9.17) is 0 Å². The molecule has 0 fully saturated rings. The zero-order chi connectivity index (χ0) is 16.4. The summed E-state index contributed by atoms with van der Waals surface area (Å²) in [6.07, 6.45) is 4.03. The van der Waals surface area contributed by atoms with Gasteiger partial charge in [0.2, 0.25) is 0 Å². The maximum Gasteiger partial charge on any atom is 0.252 e. The molecule has 4 nitrogen and oxygen atoms in total. The lowest BCUT2D eigenvalue weighted by atomic mass is 10.1. The molecule has 1 amide bonds. The average Bonchev–Trinajstić information content (AvgIpc) is 2.85. The van der Waals surface area contributed by atoms with Crippen LogP contribution in [0.2, 0.25) is 0 Å². The van der Waals surface area contributed by atoms with Gasteiger partial charge >= 0.3 is 0 Å². The quantitative estimate of drug-likeness (QED) is 0.730. The third kappa shape index (κ3) is 3.29. The summed E-state index contributed by atoms with van der Waals surface area (Å²) in [6, 6.07) is 8.06. The maximum atomic E-state index is 12.1. The van der Waals surface area contributed by atoms with Gasteiger partial charge in [0.25, 0.3) is 5.91 Å². The van der Waals surface area contributed by atoms with Crippen LogP contribution < -0.4 is 5.32 Å². The normalized spacial score (nSPS) is 10.9. The molecule has 5 heteroatoms. The summed E-state index contributed by atoms with van der Waals surface area (Å²) in [7, 11) is 0. The molecule has 0 aliphatic rings. The number of benzene rings is 1. The fourth-order valence-corrected chi connectivity index (χ4v) is 3.18. The molecule has 0 bridgehead atoms. The van der Waals surface area contributed by atoms with Crippen LogP contribution in [-0.2, 0) is 6.42 Å². The first-order valence-electron chi connectivity index (χ1n) is 7.52. The van der Waals surface area contributed by atoms with Crippen LogP contribution in [0, 0.1) is 13.8 Å². The topological polar surface area (TPSA) is 57.8 Å². The third-order valence-corrected chi connectivity index (χ3v) is 4.42.